The maximum absolute atomic E-state index is 2.47. The molecule has 1 unspecified atom stereocenters. The van der Waals surface area contributed by atoms with Gasteiger partial charge in [0.2, 0.25) is 0 Å². The van der Waals surface area contributed by atoms with E-state index >= 15 is 0 Å². The quantitative estimate of drug-likeness (QED) is 0.375. The van der Waals surface area contributed by atoms with E-state index in [0.29, 0.717) is 10.9 Å². The third-order valence-corrected chi connectivity index (χ3v) is 8.40. The van der Waals surface area contributed by atoms with Crippen molar-refractivity contribution < 1.29 is 0 Å². The average molecular weight is 258 g/mol. The van der Waals surface area contributed by atoms with Gasteiger partial charge < -0.3 is 0 Å². The third kappa shape index (κ3) is 10.6. The third-order valence-electron chi connectivity index (χ3n) is 2.23. The minimum Gasteiger partial charge on any atom is -0.0818 e. The van der Waals surface area contributed by atoms with Crippen LogP contribution in [0.3, 0.4) is 0 Å². The normalized spacial score (nSPS) is 14.8. The molecule has 0 aromatic heterocycles. The van der Waals surface area contributed by atoms with Gasteiger partial charge in [-0.25, -0.2) is 0 Å². The van der Waals surface area contributed by atoms with Crippen molar-refractivity contribution in [2.24, 2.45) is 0 Å². The summed E-state index contributed by atoms with van der Waals surface area (Å²) in [6.07, 6.45) is 8.32. The first kappa shape index (κ1) is 16.0. The van der Waals surface area contributed by atoms with Crippen LogP contribution in [0.15, 0.2) is 23.3 Å². The summed E-state index contributed by atoms with van der Waals surface area (Å²) in [5, 5.41) is 1.47. The van der Waals surface area contributed by atoms with E-state index in [4.69, 9.17) is 0 Å². The van der Waals surface area contributed by atoms with Gasteiger partial charge in [-0.3, -0.25) is 0 Å². The fourth-order valence-electron chi connectivity index (χ4n) is 1.53. The minimum absolute atomic E-state index is 0.590. The van der Waals surface area contributed by atoms with E-state index in [0.717, 1.165) is 6.42 Å². The highest BCUT2D eigenvalue weighted by Crippen LogP contribution is 2.09. The Morgan fingerprint density at radius 3 is 2.06 bits per heavy atom. The zero-order valence-corrected chi connectivity index (χ0v) is 14.0. The molecule has 0 rings (SSSR count). The van der Waals surface area contributed by atoms with E-state index in [1.165, 1.54) is 22.3 Å². The average Bonchev–Trinajstić information content (AvgIpc) is 2.08. The monoisotopic (exact) mass is 257 g/mol. The Kier molecular flexibility index (Phi) is 7.41. The van der Waals surface area contributed by atoms with Gasteiger partial charge in [0.15, 0.2) is 0 Å². The molecule has 0 aliphatic heterocycles. The van der Waals surface area contributed by atoms with Crippen LogP contribution in [0, 0.1) is 0 Å². The standard InChI is InChI=1S/C14H29SSi/c1-13(2)8-9-14(3)10-11-15(4)12-16(5,6)7/h8,10H,9,11-12H2,1-7H3/q+1/b14-10+. The first-order valence-electron chi connectivity index (χ1n) is 6.09. The van der Waals surface area contributed by atoms with E-state index in [1.54, 1.807) is 0 Å². The highest BCUT2D eigenvalue weighted by atomic mass is 32.2. The summed E-state index contributed by atoms with van der Waals surface area (Å²) in [6, 6.07) is 0. The van der Waals surface area contributed by atoms with Gasteiger partial charge in [-0.05, 0) is 44.2 Å². The predicted molar refractivity (Wildman–Crippen MR) is 84.2 cm³/mol. The van der Waals surface area contributed by atoms with Crippen molar-refractivity contribution >= 4 is 19.0 Å². The molecular weight excluding hydrogens is 228 g/mol. The molecule has 0 heterocycles. The second-order valence-electron chi connectivity index (χ2n) is 6.19. The highest BCUT2D eigenvalue weighted by Gasteiger charge is 2.23. The van der Waals surface area contributed by atoms with Crippen LogP contribution in [-0.4, -0.2) is 25.5 Å². The number of rotatable bonds is 6. The Hall–Kier alpha value is 0.0469. The summed E-state index contributed by atoms with van der Waals surface area (Å²) >= 11 is 0. The van der Waals surface area contributed by atoms with Gasteiger partial charge in [0.1, 0.15) is 13.8 Å². The number of hydrogen-bond donors (Lipinski definition) is 0. The van der Waals surface area contributed by atoms with Gasteiger partial charge in [-0.15, -0.1) is 0 Å². The van der Waals surface area contributed by atoms with Crippen molar-refractivity contribution in [3.63, 3.8) is 0 Å². The Labute approximate surface area is 107 Å². The molecule has 0 radical (unpaired) electrons. The number of hydrogen-bond acceptors (Lipinski definition) is 0. The molecular formula is C14H29SSi+. The summed E-state index contributed by atoms with van der Waals surface area (Å²) in [7, 11) is -0.267. The second kappa shape index (κ2) is 7.39. The van der Waals surface area contributed by atoms with Crippen molar-refractivity contribution in [1.82, 2.24) is 0 Å². The van der Waals surface area contributed by atoms with Crippen LogP contribution in [0.2, 0.25) is 19.6 Å². The fraction of sp³-hybridized carbons (Fsp3) is 0.714. The van der Waals surface area contributed by atoms with E-state index in [-0.39, 0.29) is 0 Å². The Morgan fingerprint density at radius 2 is 1.62 bits per heavy atom. The van der Waals surface area contributed by atoms with E-state index in [2.05, 4.69) is 58.8 Å². The predicted octanol–water partition coefficient (Wildman–Crippen LogP) is 4.41. The fourth-order valence-corrected chi connectivity index (χ4v) is 8.49. The molecule has 0 saturated heterocycles. The van der Waals surface area contributed by atoms with Crippen LogP contribution in [0.5, 0.6) is 0 Å². The molecule has 0 nitrogen and oxygen atoms in total. The first-order valence-corrected chi connectivity index (χ1v) is 11.8. The molecule has 0 amide bonds. The molecule has 1 atom stereocenters. The first-order chi connectivity index (χ1) is 7.20. The molecule has 0 N–H and O–H groups in total. The lowest BCUT2D eigenvalue weighted by Gasteiger charge is -2.13. The Morgan fingerprint density at radius 1 is 1.06 bits per heavy atom. The molecule has 0 saturated carbocycles. The lowest BCUT2D eigenvalue weighted by molar-refractivity contribution is 1.16. The maximum atomic E-state index is 2.47. The molecule has 0 aliphatic rings. The van der Waals surface area contributed by atoms with Crippen molar-refractivity contribution in [1.29, 1.82) is 0 Å². The molecule has 0 aliphatic carbocycles. The lowest BCUT2D eigenvalue weighted by Crippen LogP contribution is -2.32. The van der Waals surface area contributed by atoms with Crippen molar-refractivity contribution in [3.05, 3.63) is 23.3 Å². The van der Waals surface area contributed by atoms with Crippen molar-refractivity contribution in [2.45, 2.75) is 46.8 Å². The second-order valence-corrected chi connectivity index (χ2v) is 14.4. The van der Waals surface area contributed by atoms with Crippen LogP contribution in [0.4, 0.5) is 0 Å². The summed E-state index contributed by atoms with van der Waals surface area (Å²) in [5.74, 6) is 1.28. The van der Waals surface area contributed by atoms with Crippen molar-refractivity contribution in [3.8, 4) is 0 Å². The van der Waals surface area contributed by atoms with Gasteiger partial charge in [0.25, 0.3) is 0 Å². The molecule has 0 spiro atoms. The van der Waals surface area contributed by atoms with Crippen LogP contribution in [0.1, 0.15) is 27.2 Å². The van der Waals surface area contributed by atoms with E-state index in [1.807, 2.05) is 0 Å². The molecule has 0 aromatic rings. The molecule has 2 heteroatoms. The smallest absolute Gasteiger partial charge is 0.0818 e. The summed E-state index contributed by atoms with van der Waals surface area (Å²) in [6.45, 7) is 14.0. The lowest BCUT2D eigenvalue weighted by atomic mass is 10.1. The topological polar surface area (TPSA) is 0 Å². The summed E-state index contributed by atoms with van der Waals surface area (Å²) in [5.41, 5.74) is 2.95. The summed E-state index contributed by atoms with van der Waals surface area (Å²) < 4.78 is 0. The van der Waals surface area contributed by atoms with Gasteiger partial charge >= 0.3 is 0 Å². The molecule has 94 valence electrons. The minimum atomic E-state index is -0.858. The van der Waals surface area contributed by atoms with E-state index < -0.39 is 8.07 Å². The van der Waals surface area contributed by atoms with Crippen LogP contribution in [-0.2, 0) is 10.9 Å². The largest absolute Gasteiger partial charge is 0.126 e. The highest BCUT2D eigenvalue weighted by molar-refractivity contribution is 7.97. The van der Waals surface area contributed by atoms with Crippen LogP contribution < -0.4 is 0 Å². The van der Waals surface area contributed by atoms with Crippen molar-refractivity contribution in [2.75, 3.05) is 17.4 Å². The van der Waals surface area contributed by atoms with Gasteiger partial charge in [0.05, 0.1) is 11.6 Å². The zero-order chi connectivity index (χ0) is 12.8. The van der Waals surface area contributed by atoms with Crippen LogP contribution in [0.25, 0.3) is 0 Å². The van der Waals surface area contributed by atoms with Crippen LogP contribution >= 0.6 is 0 Å². The van der Waals surface area contributed by atoms with Gasteiger partial charge in [0, 0.05) is 0 Å². The molecule has 0 fully saturated rings. The SMILES string of the molecule is CC(C)=CC/C(C)=C/C[S+](C)C[Si](C)(C)C. The van der Waals surface area contributed by atoms with Gasteiger partial charge in [-0.1, -0.05) is 36.9 Å². The maximum Gasteiger partial charge on any atom is 0.126 e. The molecule has 0 aromatic carbocycles. The Balaban J connectivity index is 4.02. The Bertz CT molecular complexity index is 254. The van der Waals surface area contributed by atoms with E-state index in [9.17, 15) is 0 Å². The summed E-state index contributed by atoms with van der Waals surface area (Å²) in [4.78, 5) is 0. The molecule has 16 heavy (non-hydrogen) atoms. The van der Waals surface area contributed by atoms with Gasteiger partial charge in [-0.2, -0.15) is 0 Å². The number of allylic oxidation sites excluding steroid dienone is 3. The zero-order valence-electron chi connectivity index (χ0n) is 12.2. The molecule has 0 bridgehead atoms.